The summed E-state index contributed by atoms with van der Waals surface area (Å²) in [6.07, 6.45) is 7.19. The van der Waals surface area contributed by atoms with Crippen molar-refractivity contribution in [2.24, 2.45) is 0 Å². The maximum Gasteiger partial charge on any atom is 0.153 e. The SMILES string of the molecule is c1cc2cc3c(cc2cn1)oc1cnccc13. The second-order valence-electron chi connectivity index (χ2n) is 4.05. The summed E-state index contributed by atoms with van der Waals surface area (Å²) in [5.74, 6) is 0. The van der Waals surface area contributed by atoms with E-state index in [2.05, 4.69) is 16.0 Å². The molecule has 0 spiro atoms. The summed E-state index contributed by atoms with van der Waals surface area (Å²) in [5.41, 5.74) is 1.71. The summed E-state index contributed by atoms with van der Waals surface area (Å²) in [6, 6.07) is 8.15. The van der Waals surface area contributed by atoms with Gasteiger partial charge >= 0.3 is 0 Å². The van der Waals surface area contributed by atoms with Crippen molar-refractivity contribution >= 4 is 32.7 Å². The van der Waals surface area contributed by atoms with Crippen LogP contribution in [0, 0.1) is 0 Å². The van der Waals surface area contributed by atoms with Crippen molar-refractivity contribution in [3.8, 4) is 0 Å². The van der Waals surface area contributed by atoms with Gasteiger partial charge in [0.2, 0.25) is 0 Å². The van der Waals surface area contributed by atoms with Crippen LogP contribution in [0.4, 0.5) is 0 Å². The van der Waals surface area contributed by atoms with E-state index in [1.54, 1.807) is 18.6 Å². The number of hydrogen-bond donors (Lipinski definition) is 0. The summed E-state index contributed by atoms with van der Waals surface area (Å²) in [6.45, 7) is 0. The molecule has 0 fully saturated rings. The van der Waals surface area contributed by atoms with Gasteiger partial charge in [0.05, 0.1) is 6.20 Å². The number of pyridine rings is 2. The van der Waals surface area contributed by atoms with Crippen molar-refractivity contribution in [1.29, 1.82) is 0 Å². The molecule has 0 saturated heterocycles. The zero-order valence-corrected chi connectivity index (χ0v) is 8.92. The fourth-order valence-electron chi connectivity index (χ4n) is 2.21. The molecule has 3 nitrogen and oxygen atoms in total. The van der Waals surface area contributed by atoms with E-state index in [-0.39, 0.29) is 0 Å². The van der Waals surface area contributed by atoms with Crippen LogP contribution in [-0.2, 0) is 0 Å². The Morgan fingerprint density at radius 2 is 1.65 bits per heavy atom. The monoisotopic (exact) mass is 220 g/mol. The maximum absolute atomic E-state index is 5.77. The zero-order chi connectivity index (χ0) is 11.2. The summed E-state index contributed by atoms with van der Waals surface area (Å²) >= 11 is 0. The van der Waals surface area contributed by atoms with Crippen molar-refractivity contribution in [3.05, 3.63) is 49.1 Å². The lowest BCUT2D eigenvalue weighted by Crippen LogP contribution is -1.75. The number of furan rings is 1. The average molecular weight is 220 g/mol. The van der Waals surface area contributed by atoms with Gasteiger partial charge in [-0.3, -0.25) is 9.97 Å². The molecule has 0 amide bonds. The topological polar surface area (TPSA) is 38.9 Å². The van der Waals surface area contributed by atoms with Crippen LogP contribution in [0.5, 0.6) is 0 Å². The summed E-state index contributed by atoms with van der Waals surface area (Å²) < 4.78 is 5.77. The lowest BCUT2D eigenvalue weighted by Gasteiger charge is -1.95. The molecule has 0 aliphatic rings. The average Bonchev–Trinajstić information content (AvgIpc) is 2.73. The Morgan fingerprint density at radius 3 is 2.65 bits per heavy atom. The highest BCUT2D eigenvalue weighted by molar-refractivity contribution is 6.09. The predicted octanol–water partition coefficient (Wildman–Crippen LogP) is 3.53. The molecule has 17 heavy (non-hydrogen) atoms. The van der Waals surface area contributed by atoms with Gasteiger partial charge in [-0.1, -0.05) is 0 Å². The van der Waals surface area contributed by atoms with Gasteiger partial charge < -0.3 is 4.42 Å². The number of benzene rings is 1. The Kier molecular flexibility index (Phi) is 1.56. The maximum atomic E-state index is 5.77. The quantitative estimate of drug-likeness (QED) is 0.455. The second-order valence-corrected chi connectivity index (χ2v) is 4.05. The minimum Gasteiger partial charge on any atom is -0.454 e. The third-order valence-corrected chi connectivity index (χ3v) is 3.03. The first-order chi connectivity index (χ1) is 8.42. The first-order valence-electron chi connectivity index (χ1n) is 5.42. The van der Waals surface area contributed by atoms with Gasteiger partial charge in [-0.2, -0.15) is 0 Å². The first kappa shape index (κ1) is 8.70. The highest BCUT2D eigenvalue weighted by atomic mass is 16.3. The lowest BCUT2D eigenvalue weighted by atomic mass is 10.1. The summed E-state index contributed by atoms with van der Waals surface area (Å²) in [4.78, 5) is 8.19. The molecule has 0 saturated carbocycles. The van der Waals surface area contributed by atoms with Gasteiger partial charge in [-0.05, 0) is 29.7 Å². The van der Waals surface area contributed by atoms with Crippen molar-refractivity contribution in [2.75, 3.05) is 0 Å². The predicted molar refractivity (Wildman–Crippen MR) is 66.8 cm³/mol. The van der Waals surface area contributed by atoms with Gasteiger partial charge in [0.25, 0.3) is 0 Å². The fourth-order valence-corrected chi connectivity index (χ4v) is 2.21. The molecule has 0 unspecified atom stereocenters. The van der Waals surface area contributed by atoms with Crippen molar-refractivity contribution in [1.82, 2.24) is 9.97 Å². The first-order valence-corrected chi connectivity index (χ1v) is 5.42. The third kappa shape index (κ3) is 1.16. The molecule has 0 atom stereocenters. The molecule has 0 aliphatic carbocycles. The van der Waals surface area contributed by atoms with Crippen LogP contribution >= 0.6 is 0 Å². The molecule has 3 heterocycles. The molecule has 0 aliphatic heterocycles. The minimum absolute atomic E-state index is 0.825. The Morgan fingerprint density at radius 1 is 0.765 bits per heavy atom. The number of rotatable bonds is 0. The van der Waals surface area contributed by atoms with Crippen LogP contribution in [0.3, 0.4) is 0 Å². The van der Waals surface area contributed by atoms with Crippen LogP contribution in [0.2, 0.25) is 0 Å². The summed E-state index contributed by atoms with van der Waals surface area (Å²) in [7, 11) is 0. The Labute approximate surface area is 96.7 Å². The highest BCUT2D eigenvalue weighted by Crippen LogP contribution is 2.30. The van der Waals surface area contributed by atoms with Gasteiger partial charge in [0, 0.05) is 34.7 Å². The van der Waals surface area contributed by atoms with Crippen LogP contribution in [0.1, 0.15) is 0 Å². The number of aromatic nitrogens is 2. The molecule has 0 radical (unpaired) electrons. The molecule has 3 heteroatoms. The second kappa shape index (κ2) is 3.04. The van der Waals surface area contributed by atoms with Crippen LogP contribution < -0.4 is 0 Å². The molecular formula is C14H8N2O. The van der Waals surface area contributed by atoms with Gasteiger partial charge in [0.1, 0.15) is 5.58 Å². The standard InChI is InChI=1S/C14H8N2O/c1-3-15-7-10-6-13-12(5-9(1)10)11-2-4-16-8-14(11)17-13/h1-8H. The van der Waals surface area contributed by atoms with Crippen LogP contribution in [-0.4, -0.2) is 9.97 Å². The van der Waals surface area contributed by atoms with E-state index in [1.165, 1.54) is 5.39 Å². The molecule has 3 aromatic heterocycles. The van der Waals surface area contributed by atoms with Crippen LogP contribution in [0.15, 0.2) is 53.5 Å². The highest BCUT2D eigenvalue weighted by Gasteiger charge is 2.07. The fraction of sp³-hybridized carbons (Fsp3) is 0. The van der Waals surface area contributed by atoms with E-state index in [0.29, 0.717) is 0 Å². The number of hydrogen-bond acceptors (Lipinski definition) is 3. The summed E-state index contributed by atoms with van der Waals surface area (Å²) in [5, 5.41) is 4.49. The van der Waals surface area contributed by atoms with E-state index in [9.17, 15) is 0 Å². The van der Waals surface area contributed by atoms with E-state index >= 15 is 0 Å². The molecule has 0 bridgehead atoms. The van der Waals surface area contributed by atoms with E-state index in [0.717, 1.165) is 27.3 Å². The number of fused-ring (bicyclic) bond motifs is 4. The minimum atomic E-state index is 0.825. The Bertz CT molecular complexity index is 842. The van der Waals surface area contributed by atoms with Gasteiger partial charge in [-0.25, -0.2) is 0 Å². The molecule has 80 valence electrons. The molecule has 1 aromatic carbocycles. The molecule has 4 aromatic rings. The Hall–Kier alpha value is -2.42. The zero-order valence-electron chi connectivity index (χ0n) is 8.92. The van der Waals surface area contributed by atoms with E-state index in [4.69, 9.17) is 4.42 Å². The molecule has 0 N–H and O–H groups in total. The largest absolute Gasteiger partial charge is 0.454 e. The Balaban J connectivity index is 2.28. The van der Waals surface area contributed by atoms with Gasteiger partial charge in [-0.15, -0.1) is 0 Å². The molecule has 4 rings (SSSR count). The number of nitrogens with zero attached hydrogens (tertiary/aromatic N) is 2. The smallest absolute Gasteiger partial charge is 0.153 e. The third-order valence-electron chi connectivity index (χ3n) is 3.03. The van der Waals surface area contributed by atoms with Crippen molar-refractivity contribution in [2.45, 2.75) is 0 Å². The van der Waals surface area contributed by atoms with Crippen molar-refractivity contribution in [3.63, 3.8) is 0 Å². The van der Waals surface area contributed by atoms with Crippen molar-refractivity contribution < 1.29 is 4.42 Å². The van der Waals surface area contributed by atoms with E-state index in [1.807, 2.05) is 24.4 Å². The lowest BCUT2D eigenvalue weighted by molar-refractivity contribution is 0.667. The van der Waals surface area contributed by atoms with Gasteiger partial charge in [0.15, 0.2) is 5.58 Å². The van der Waals surface area contributed by atoms with E-state index < -0.39 is 0 Å². The van der Waals surface area contributed by atoms with Crippen LogP contribution in [0.25, 0.3) is 32.7 Å². The normalized spacial score (nSPS) is 11.5. The molecular weight excluding hydrogens is 212 g/mol.